The molecule has 0 bridgehead atoms. The van der Waals surface area contributed by atoms with Crippen LogP contribution in [0.5, 0.6) is 0 Å². The topological polar surface area (TPSA) is 35.6 Å². The van der Waals surface area contributed by atoms with Crippen LogP contribution in [0.3, 0.4) is 0 Å². The van der Waals surface area contributed by atoms with Crippen LogP contribution < -0.4 is 5.32 Å². The van der Waals surface area contributed by atoms with Crippen molar-refractivity contribution in [1.82, 2.24) is 15.1 Å². The normalized spacial score (nSPS) is 32.9. The highest BCUT2D eigenvalue weighted by molar-refractivity contribution is 5.78. The number of likely N-dealkylation sites (tertiary alicyclic amines) is 2. The van der Waals surface area contributed by atoms with E-state index in [2.05, 4.69) is 15.1 Å². The average molecular weight is 265 g/mol. The van der Waals surface area contributed by atoms with Gasteiger partial charge in [-0.15, -0.1) is 0 Å². The molecule has 0 radical (unpaired) electrons. The van der Waals surface area contributed by atoms with Crippen LogP contribution >= 0.6 is 0 Å². The Bertz CT molecular complexity index is 299. The number of piperidine rings is 1. The fraction of sp³-hybridized carbons (Fsp3) is 0.933. The predicted octanol–water partition coefficient (Wildman–Crippen LogP) is 1.07. The third-order valence-electron chi connectivity index (χ3n) is 4.99. The van der Waals surface area contributed by atoms with Crippen LogP contribution in [0.25, 0.3) is 0 Å². The molecule has 0 saturated carbocycles. The number of fused-ring (bicyclic) bond motifs is 1. The summed E-state index contributed by atoms with van der Waals surface area (Å²) in [6.45, 7) is 5.97. The summed E-state index contributed by atoms with van der Waals surface area (Å²) in [5.41, 5.74) is 0. The molecule has 108 valence electrons. The summed E-state index contributed by atoms with van der Waals surface area (Å²) in [6.07, 6.45) is 7.61. The van der Waals surface area contributed by atoms with Crippen LogP contribution in [0.4, 0.5) is 0 Å². The second-order valence-electron chi connectivity index (χ2n) is 6.45. The van der Waals surface area contributed by atoms with Gasteiger partial charge in [-0.2, -0.15) is 0 Å². The summed E-state index contributed by atoms with van der Waals surface area (Å²) in [4.78, 5) is 16.9. The highest BCUT2D eigenvalue weighted by atomic mass is 16.2. The molecule has 3 aliphatic rings. The van der Waals surface area contributed by atoms with Crippen LogP contribution in [-0.2, 0) is 4.79 Å². The summed E-state index contributed by atoms with van der Waals surface area (Å²) in [5, 5.41) is 3.61. The van der Waals surface area contributed by atoms with Crippen LogP contribution in [0, 0.1) is 5.92 Å². The van der Waals surface area contributed by atoms with E-state index >= 15 is 0 Å². The number of hydrogen-bond donors (Lipinski definition) is 1. The molecular formula is C15H27N3O. The number of amides is 1. The van der Waals surface area contributed by atoms with Crippen molar-refractivity contribution >= 4 is 5.91 Å². The van der Waals surface area contributed by atoms with Gasteiger partial charge in [0.05, 0.1) is 6.54 Å². The van der Waals surface area contributed by atoms with Crippen molar-refractivity contribution in [2.45, 2.75) is 44.6 Å². The Morgan fingerprint density at radius 2 is 1.84 bits per heavy atom. The van der Waals surface area contributed by atoms with Gasteiger partial charge in [0.1, 0.15) is 0 Å². The van der Waals surface area contributed by atoms with Gasteiger partial charge in [0.2, 0.25) is 5.91 Å². The lowest BCUT2D eigenvalue weighted by atomic mass is 9.94. The van der Waals surface area contributed by atoms with Crippen molar-refractivity contribution in [3.63, 3.8) is 0 Å². The Kier molecular flexibility index (Phi) is 4.38. The number of carbonyl (C=O) groups excluding carboxylic acids is 1. The maximum atomic E-state index is 12.4. The van der Waals surface area contributed by atoms with Crippen molar-refractivity contribution in [3.05, 3.63) is 0 Å². The van der Waals surface area contributed by atoms with Gasteiger partial charge in [0, 0.05) is 32.2 Å². The van der Waals surface area contributed by atoms with Crippen molar-refractivity contribution in [2.24, 2.45) is 5.92 Å². The van der Waals surface area contributed by atoms with Crippen molar-refractivity contribution in [2.75, 3.05) is 39.3 Å². The average Bonchev–Trinajstić information content (AvgIpc) is 2.63. The minimum absolute atomic E-state index is 0.362. The van der Waals surface area contributed by atoms with Crippen molar-refractivity contribution < 1.29 is 4.79 Å². The highest BCUT2D eigenvalue weighted by Gasteiger charge is 2.35. The molecule has 4 nitrogen and oxygen atoms in total. The molecule has 3 fully saturated rings. The first-order valence-electron chi connectivity index (χ1n) is 8.06. The Labute approximate surface area is 116 Å². The molecule has 2 atom stereocenters. The molecule has 3 rings (SSSR count). The van der Waals surface area contributed by atoms with Crippen LogP contribution in [0.1, 0.15) is 38.5 Å². The lowest BCUT2D eigenvalue weighted by molar-refractivity contribution is -0.132. The lowest BCUT2D eigenvalue weighted by Gasteiger charge is -2.24. The van der Waals surface area contributed by atoms with Crippen LogP contribution in [0.15, 0.2) is 0 Å². The minimum atomic E-state index is 0.362. The molecule has 3 saturated heterocycles. The van der Waals surface area contributed by atoms with E-state index in [0.29, 0.717) is 18.5 Å². The summed E-state index contributed by atoms with van der Waals surface area (Å²) in [6, 6.07) is 0.644. The van der Waals surface area contributed by atoms with Gasteiger partial charge >= 0.3 is 0 Å². The number of rotatable bonds is 2. The highest BCUT2D eigenvalue weighted by Crippen LogP contribution is 2.24. The van der Waals surface area contributed by atoms with E-state index in [-0.39, 0.29) is 0 Å². The Hall–Kier alpha value is -0.610. The molecule has 0 spiro atoms. The van der Waals surface area contributed by atoms with Crippen molar-refractivity contribution in [1.29, 1.82) is 0 Å². The van der Waals surface area contributed by atoms with E-state index < -0.39 is 0 Å². The van der Waals surface area contributed by atoms with Gasteiger partial charge in [-0.1, -0.05) is 12.8 Å². The maximum absolute atomic E-state index is 12.4. The van der Waals surface area contributed by atoms with E-state index in [0.717, 1.165) is 38.6 Å². The smallest absolute Gasteiger partial charge is 0.236 e. The fourth-order valence-electron chi connectivity index (χ4n) is 3.88. The monoisotopic (exact) mass is 265 g/mol. The summed E-state index contributed by atoms with van der Waals surface area (Å²) >= 11 is 0. The first-order valence-corrected chi connectivity index (χ1v) is 8.06. The summed E-state index contributed by atoms with van der Waals surface area (Å²) < 4.78 is 0. The largest absolute Gasteiger partial charge is 0.342 e. The maximum Gasteiger partial charge on any atom is 0.236 e. The SMILES string of the molecule is O=C(CN1CC2CCCNC2C1)N1CCCCCC1. The first kappa shape index (κ1) is 13.4. The van der Waals surface area contributed by atoms with Gasteiger partial charge in [-0.25, -0.2) is 0 Å². The molecule has 0 aromatic rings. The molecule has 1 amide bonds. The molecule has 0 aliphatic carbocycles. The quantitative estimate of drug-likeness (QED) is 0.811. The molecule has 2 unspecified atom stereocenters. The molecule has 3 heterocycles. The standard InChI is InChI=1S/C15H27N3O/c19-15(18-8-3-1-2-4-9-18)12-17-10-13-6-5-7-16-14(13)11-17/h13-14,16H,1-12H2. The third kappa shape index (κ3) is 3.29. The molecule has 19 heavy (non-hydrogen) atoms. The summed E-state index contributed by atoms with van der Waals surface area (Å²) in [5.74, 6) is 1.14. The van der Waals surface area contributed by atoms with E-state index in [1.165, 1.54) is 38.5 Å². The fourth-order valence-corrected chi connectivity index (χ4v) is 3.88. The third-order valence-corrected chi connectivity index (χ3v) is 4.99. The van der Waals surface area contributed by atoms with Gasteiger partial charge in [-0.05, 0) is 38.1 Å². The number of hydrogen-bond acceptors (Lipinski definition) is 3. The first-order chi connectivity index (χ1) is 9.33. The Morgan fingerprint density at radius 3 is 2.58 bits per heavy atom. The second kappa shape index (κ2) is 6.23. The molecular weight excluding hydrogens is 238 g/mol. The zero-order valence-corrected chi connectivity index (χ0v) is 11.9. The lowest BCUT2D eigenvalue weighted by Crippen LogP contribution is -2.42. The van der Waals surface area contributed by atoms with Gasteiger partial charge in [0.15, 0.2) is 0 Å². The zero-order valence-electron chi connectivity index (χ0n) is 11.9. The minimum Gasteiger partial charge on any atom is -0.342 e. The number of carbonyl (C=O) groups is 1. The molecule has 0 aromatic carbocycles. The zero-order chi connectivity index (χ0) is 13.1. The molecule has 3 aliphatic heterocycles. The second-order valence-corrected chi connectivity index (χ2v) is 6.45. The predicted molar refractivity (Wildman–Crippen MR) is 76.0 cm³/mol. The van der Waals surface area contributed by atoms with E-state index in [1.807, 2.05) is 0 Å². The van der Waals surface area contributed by atoms with E-state index in [1.54, 1.807) is 0 Å². The van der Waals surface area contributed by atoms with Gasteiger partial charge < -0.3 is 10.2 Å². The summed E-state index contributed by atoms with van der Waals surface area (Å²) in [7, 11) is 0. The number of nitrogens with zero attached hydrogens (tertiary/aromatic N) is 2. The Balaban J connectivity index is 1.49. The molecule has 0 aromatic heterocycles. The molecule has 1 N–H and O–H groups in total. The van der Waals surface area contributed by atoms with E-state index in [9.17, 15) is 4.79 Å². The van der Waals surface area contributed by atoms with E-state index in [4.69, 9.17) is 0 Å². The molecule has 4 heteroatoms. The van der Waals surface area contributed by atoms with Crippen LogP contribution in [0.2, 0.25) is 0 Å². The van der Waals surface area contributed by atoms with Crippen molar-refractivity contribution in [3.8, 4) is 0 Å². The number of nitrogens with one attached hydrogen (secondary N) is 1. The van der Waals surface area contributed by atoms with Gasteiger partial charge in [-0.3, -0.25) is 9.69 Å². The van der Waals surface area contributed by atoms with Crippen LogP contribution in [-0.4, -0.2) is 61.0 Å². The Morgan fingerprint density at radius 1 is 1.05 bits per heavy atom. The van der Waals surface area contributed by atoms with Gasteiger partial charge in [0.25, 0.3) is 0 Å².